The van der Waals surface area contributed by atoms with Gasteiger partial charge in [-0.25, -0.2) is 4.98 Å². The molecule has 4 nitrogen and oxygen atoms in total. The summed E-state index contributed by atoms with van der Waals surface area (Å²) in [5.41, 5.74) is 1.29. The first-order valence-corrected chi connectivity index (χ1v) is 13.7. The Balaban J connectivity index is 1.44. The lowest BCUT2D eigenvalue weighted by atomic mass is 9.84. The fraction of sp³-hybridized carbons (Fsp3) is 0.609. The summed E-state index contributed by atoms with van der Waals surface area (Å²) in [7, 11) is -0.836. The van der Waals surface area contributed by atoms with Crippen LogP contribution in [-0.2, 0) is 22.0 Å². The fourth-order valence-corrected chi connectivity index (χ4v) is 6.67. The van der Waals surface area contributed by atoms with Gasteiger partial charge < -0.3 is 4.74 Å². The molecule has 0 bridgehead atoms. The molecule has 3 unspecified atom stereocenters. The van der Waals surface area contributed by atoms with Gasteiger partial charge in [0.2, 0.25) is 0 Å². The molecule has 2 fully saturated rings. The molecule has 1 saturated heterocycles. The predicted octanol–water partition coefficient (Wildman–Crippen LogP) is 4.82. The number of ether oxygens (including phenoxy) is 1. The third-order valence-corrected chi connectivity index (χ3v) is 8.54. The summed E-state index contributed by atoms with van der Waals surface area (Å²) in [5, 5.41) is 2.08. The lowest BCUT2D eigenvalue weighted by Crippen LogP contribution is -2.56. The minimum absolute atomic E-state index is 0.0663. The van der Waals surface area contributed by atoms with Gasteiger partial charge in [-0.3, -0.25) is 9.11 Å². The van der Waals surface area contributed by atoms with Gasteiger partial charge in [0.05, 0.1) is 23.5 Å². The highest BCUT2D eigenvalue weighted by molar-refractivity contribution is 7.84. The first-order chi connectivity index (χ1) is 14.5. The van der Waals surface area contributed by atoms with E-state index in [9.17, 15) is 4.21 Å². The summed E-state index contributed by atoms with van der Waals surface area (Å²) in [5.74, 6) is 1.23. The quantitative estimate of drug-likeness (QED) is 0.612. The molecule has 30 heavy (non-hydrogen) atoms. The summed E-state index contributed by atoms with van der Waals surface area (Å²) in [6.45, 7) is 3.72. The van der Waals surface area contributed by atoms with Crippen LogP contribution < -0.4 is 0 Å². The van der Waals surface area contributed by atoms with Crippen LogP contribution in [0.3, 0.4) is 0 Å². The monoisotopic (exact) mass is 466 g/mol. The topological polar surface area (TPSA) is 42.4 Å². The van der Waals surface area contributed by atoms with E-state index >= 15 is 0 Å². The fourth-order valence-electron chi connectivity index (χ4n) is 4.87. The van der Waals surface area contributed by atoms with Crippen LogP contribution in [0.5, 0.6) is 0 Å². The van der Waals surface area contributed by atoms with Crippen molar-refractivity contribution in [1.82, 2.24) is 9.88 Å². The van der Waals surface area contributed by atoms with Crippen LogP contribution in [0, 0.1) is 6.92 Å². The SMILES string of the molecule is Cc1cnc(C2CCC(N3CC(CS(C)=O)OCC3Cc3ccc(Cl)cc3)CC2)s1. The highest BCUT2D eigenvalue weighted by Crippen LogP contribution is 2.38. The van der Waals surface area contributed by atoms with Crippen molar-refractivity contribution in [3.05, 3.63) is 50.9 Å². The minimum atomic E-state index is -0.836. The third-order valence-electron chi connectivity index (χ3n) is 6.37. The molecule has 1 aromatic carbocycles. The summed E-state index contributed by atoms with van der Waals surface area (Å²) in [4.78, 5) is 8.61. The van der Waals surface area contributed by atoms with E-state index in [0.717, 1.165) is 18.0 Å². The first kappa shape index (κ1) is 22.4. The van der Waals surface area contributed by atoms with Crippen molar-refractivity contribution >= 4 is 33.7 Å². The zero-order valence-corrected chi connectivity index (χ0v) is 20.1. The van der Waals surface area contributed by atoms with Crippen molar-refractivity contribution in [1.29, 1.82) is 0 Å². The molecule has 2 aromatic rings. The van der Waals surface area contributed by atoms with Gasteiger partial charge >= 0.3 is 0 Å². The van der Waals surface area contributed by atoms with Gasteiger partial charge in [0.15, 0.2) is 0 Å². The van der Waals surface area contributed by atoms with Crippen LogP contribution in [0.2, 0.25) is 5.02 Å². The normalized spacial score (nSPS) is 29.0. The number of benzene rings is 1. The molecule has 7 heteroatoms. The Kier molecular flexibility index (Phi) is 7.63. The number of nitrogens with zero attached hydrogens (tertiary/aromatic N) is 2. The second-order valence-corrected chi connectivity index (χ2v) is 11.9. The lowest BCUT2D eigenvalue weighted by molar-refractivity contribution is -0.0753. The Labute approximate surface area is 191 Å². The van der Waals surface area contributed by atoms with Crippen LogP contribution in [0.1, 0.15) is 47.0 Å². The molecule has 1 saturated carbocycles. The van der Waals surface area contributed by atoms with Crippen molar-refractivity contribution in [2.75, 3.05) is 25.2 Å². The standard InChI is InChI=1S/C23H31ClN2O2S2/c1-16-12-25-23(29-16)18-5-9-20(10-6-18)26-13-22(15-30(2)27)28-14-21(26)11-17-3-7-19(24)8-4-17/h3-4,7-8,12,18,20-22H,5-6,9-11,13-15H2,1-2H3. The van der Waals surface area contributed by atoms with Crippen molar-refractivity contribution in [2.45, 2.75) is 63.1 Å². The van der Waals surface area contributed by atoms with Crippen LogP contribution >= 0.6 is 22.9 Å². The van der Waals surface area contributed by atoms with Crippen LogP contribution in [0.4, 0.5) is 0 Å². The Morgan fingerprint density at radius 1 is 1.23 bits per heavy atom. The molecular formula is C23H31ClN2O2S2. The van der Waals surface area contributed by atoms with Crippen molar-refractivity contribution in [3.8, 4) is 0 Å². The van der Waals surface area contributed by atoms with Crippen molar-refractivity contribution in [3.63, 3.8) is 0 Å². The van der Waals surface area contributed by atoms with Gasteiger partial charge in [-0.15, -0.1) is 11.3 Å². The number of hydrogen-bond donors (Lipinski definition) is 0. The molecule has 1 aliphatic carbocycles. The molecule has 0 N–H and O–H groups in total. The van der Waals surface area contributed by atoms with E-state index in [2.05, 4.69) is 28.9 Å². The van der Waals surface area contributed by atoms with Crippen LogP contribution in [0.25, 0.3) is 0 Å². The maximum Gasteiger partial charge on any atom is 0.0958 e. The second-order valence-electron chi connectivity index (χ2n) is 8.69. The maximum atomic E-state index is 11.8. The summed E-state index contributed by atoms with van der Waals surface area (Å²) in [6.07, 6.45) is 9.60. The highest BCUT2D eigenvalue weighted by atomic mass is 35.5. The number of hydrogen-bond acceptors (Lipinski definition) is 5. The van der Waals surface area contributed by atoms with Gasteiger partial charge in [-0.05, 0) is 56.7 Å². The Hall–Kier alpha value is -0.790. The number of thiazole rings is 1. The number of aromatic nitrogens is 1. The molecular weight excluding hydrogens is 436 g/mol. The molecule has 4 rings (SSSR count). The lowest BCUT2D eigenvalue weighted by Gasteiger charge is -2.46. The zero-order chi connectivity index (χ0) is 21.1. The minimum Gasteiger partial charge on any atom is -0.374 e. The number of morpholine rings is 1. The molecule has 2 heterocycles. The van der Waals surface area contributed by atoms with E-state index in [0.29, 0.717) is 30.4 Å². The number of aryl methyl sites for hydroxylation is 1. The third kappa shape index (κ3) is 5.71. The van der Waals surface area contributed by atoms with E-state index in [4.69, 9.17) is 16.3 Å². The molecule has 1 aromatic heterocycles. The van der Waals surface area contributed by atoms with Gasteiger partial charge in [-0.2, -0.15) is 0 Å². The predicted molar refractivity (Wildman–Crippen MR) is 126 cm³/mol. The van der Waals surface area contributed by atoms with Gasteiger partial charge in [0.25, 0.3) is 0 Å². The molecule has 164 valence electrons. The highest BCUT2D eigenvalue weighted by Gasteiger charge is 2.36. The smallest absolute Gasteiger partial charge is 0.0958 e. The van der Waals surface area contributed by atoms with Crippen LogP contribution in [0.15, 0.2) is 30.5 Å². The summed E-state index contributed by atoms with van der Waals surface area (Å²) >= 11 is 7.92. The largest absolute Gasteiger partial charge is 0.374 e. The van der Waals surface area contributed by atoms with E-state index in [1.165, 1.54) is 41.1 Å². The second kappa shape index (κ2) is 10.2. The number of rotatable bonds is 6. The van der Waals surface area contributed by atoms with Crippen LogP contribution in [-0.4, -0.2) is 57.4 Å². The first-order valence-electron chi connectivity index (χ1n) is 10.8. The van der Waals surface area contributed by atoms with E-state index < -0.39 is 10.8 Å². The Morgan fingerprint density at radius 3 is 2.60 bits per heavy atom. The van der Waals surface area contributed by atoms with E-state index in [1.54, 1.807) is 6.26 Å². The van der Waals surface area contributed by atoms with E-state index in [-0.39, 0.29) is 6.10 Å². The summed E-state index contributed by atoms with van der Waals surface area (Å²) in [6, 6.07) is 9.10. The van der Waals surface area contributed by atoms with Crippen molar-refractivity contribution < 1.29 is 8.95 Å². The average molecular weight is 467 g/mol. The summed E-state index contributed by atoms with van der Waals surface area (Å²) < 4.78 is 17.9. The van der Waals surface area contributed by atoms with Gasteiger partial charge in [-0.1, -0.05) is 23.7 Å². The van der Waals surface area contributed by atoms with Crippen molar-refractivity contribution in [2.24, 2.45) is 0 Å². The molecule has 0 amide bonds. The Morgan fingerprint density at radius 2 is 1.97 bits per heavy atom. The Bertz CT molecular complexity index is 849. The van der Waals surface area contributed by atoms with E-state index in [1.807, 2.05) is 29.7 Å². The maximum absolute atomic E-state index is 11.8. The zero-order valence-electron chi connectivity index (χ0n) is 17.8. The molecule has 0 spiro atoms. The molecule has 3 atom stereocenters. The van der Waals surface area contributed by atoms with Gasteiger partial charge in [0.1, 0.15) is 0 Å². The van der Waals surface area contributed by atoms with Gasteiger partial charge in [0, 0.05) is 57.7 Å². The number of halogens is 1. The molecule has 1 aliphatic heterocycles. The average Bonchev–Trinajstić information content (AvgIpc) is 3.17. The molecule has 0 radical (unpaired) electrons. The molecule has 2 aliphatic rings.